The molecule has 0 spiro atoms. The van der Waals surface area contributed by atoms with Gasteiger partial charge in [0.25, 0.3) is 0 Å². The Morgan fingerprint density at radius 2 is 1.94 bits per heavy atom. The van der Waals surface area contributed by atoms with Gasteiger partial charge in [0, 0.05) is 21.7 Å². The first-order valence-electron chi connectivity index (χ1n) is 11.4. The first kappa shape index (κ1) is 28.5. The van der Waals surface area contributed by atoms with Crippen LogP contribution < -0.4 is 10.1 Å². The smallest absolute Gasteiger partial charge is 0.341 e. The Morgan fingerprint density at radius 1 is 1.21 bits per heavy atom. The third-order valence-corrected chi connectivity index (χ3v) is 8.73. The number of hydrogen-bond donors (Lipinski definition) is 2. The minimum atomic E-state index is -3.38. The summed E-state index contributed by atoms with van der Waals surface area (Å²) in [7, 11) is -3.38. The van der Waals surface area contributed by atoms with Gasteiger partial charge in [0.1, 0.15) is 5.75 Å². The van der Waals surface area contributed by atoms with E-state index in [1.54, 1.807) is 30.0 Å². The summed E-state index contributed by atoms with van der Waals surface area (Å²) in [5.74, 6) is -0.0824. The summed E-state index contributed by atoms with van der Waals surface area (Å²) in [6, 6.07) is 10.7. The lowest BCUT2D eigenvalue weighted by molar-refractivity contribution is -0.139. The highest BCUT2D eigenvalue weighted by molar-refractivity contribution is 8.00. The van der Waals surface area contributed by atoms with Gasteiger partial charge in [-0.15, -0.1) is 11.8 Å². The molecule has 2 atom stereocenters. The second kappa shape index (κ2) is 13.4. The maximum absolute atomic E-state index is 12.7. The van der Waals surface area contributed by atoms with Gasteiger partial charge in [-0.1, -0.05) is 38.4 Å². The predicted molar refractivity (Wildman–Crippen MR) is 139 cm³/mol. The van der Waals surface area contributed by atoms with Crippen molar-refractivity contribution in [3.8, 4) is 5.75 Å². The maximum Gasteiger partial charge on any atom is 0.341 e. The van der Waals surface area contributed by atoms with Crippen molar-refractivity contribution in [3.05, 3.63) is 52.5 Å². The molecule has 0 saturated heterocycles. The molecular formula is C25H34ClNO5S2. The molecule has 0 heterocycles. The van der Waals surface area contributed by atoms with Gasteiger partial charge in [-0.2, -0.15) is 0 Å². The molecule has 2 unspecified atom stereocenters. The summed E-state index contributed by atoms with van der Waals surface area (Å²) in [5, 5.41) is 12.8. The fraction of sp³-hybridized carbons (Fsp3) is 0.480. The molecule has 6 nitrogen and oxygen atoms in total. The number of aryl methyl sites for hydroxylation is 1. The number of aliphatic carboxylic acids is 1. The van der Waals surface area contributed by atoms with Crippen molar-refractivity contribution in [2.45, 2.75) is 61.5 Å². The highest BCUT2D eigenvalue weighted by Gasteiger charge is 2.17. The molecule has 0 aromatic heterocycles. The second-order valence-electron chi connectivity index (χ2n) is 8.41. The quantitative estimate of drug-likeness (QED) is 0.245. The lowest BCUT2D eigenvalue weighted by atomic mass is 9.99. The maximum atomic E-state index is 12.7. The number of carboxylic acid groups (broad SMARTS) is 1. The van der Waals surface area contributed by atoms with Crippen LogP contribution in [0.2, 0.25) is 5.02 Å². The van der Waals surface area contributed by atoms with Gasteiger partial charge in [-0.25, -0.2) is 13.2 Å². The molecule has 0 radical (unpaired) electrons. The highest BCUT2D eigenvalue weighted by Crippen LogP contribution is 2.30. The Labute approximate surface area is 212 Å². The Kier molecular flexibility index (Phi) is 11.2. The van der Waals surface area contributed by atoms with Gasteiger partial charge in [0.2, 0.25) is 0 Å². The number of ether oxygens (including phenoxy) is 1. The number of carbonyl (C=O) groups is 1. The van der Waals surface area contributed by atoms with Gasteiger partial charge >= 0.3 is 5.97 Å². The highest BCUT2D eigenvalue weighted by atomic mass is 35.5. The average Bonchev–Trinajstić information content (AvgIpc) is 2.77. The van der Waals surface area contributed by atoms with Crippen LogP contribution in [0.15, 0.2) is 46.2 Å². The molecular weight excluding hydrogens is 494 g/mol. The molecule has 0 amide bonds. The number of rotatable bonds is 14. The minimum Gasteiger partial charge on any atom is -0.482 e. The van der Waals surface area contributed by atoms with Gasteiger partial charge in [0.15, 0.2) is 16.4 Å². The Balaban J connectivity index is 1.77. The normalized spacial score (nSPS) is 13.4. The fourth-order valence-electron chi connectivity index (χ4n) is 3.40. The minimum absolute atomic E-state index is 0.0670. The summed E-state index contributed by atoms with van der Waals surface area (Å²) in [6.45, 7) is 9.11. The zero-order valence-electron chi connectivity index (χ0n) is 20.1. The van der Waals surface area contributed by atoms with Crippen LogP contribution in [0.4, 0.5) is 0 Å². The SMILES string of the molecule is CCC(C)c1ccc(S(=O)(=O)CCCNCC(C)Sc2ccc(OCC(=O)O)c(C)c2)cc1Cl. The van der Waals surface area contributed by atoms with E-state index in [-0.39, 0.29) is 22.5 Å². The molecule has 0 bridgehead atoms. The van der Waals surface area contributed by atoms with Crippen LogP contribution in [0.5, 0.6) is 5.75 Å². The van der Waals surface area contributed by atoms with E-state index in [0.717, 1.165) is 29.0 Å². The van der Waals surface area contributed by atoms with Crippen LogP contribution in [0.3, 0.4) is 0 Å². The number of thioether (sulfide) groups is 1. The molecule has 2 aromatic rings. The number of benzene rings is 2. The van der Waals surface area contributed by atoms with Crippen LogP contribution in [0, 0.1) is 6.92 Å². The van der Waals surface area contributed by atoms with Crippen LogP contribution >= 0.6 is 23.4 Å². The number of sulfone groups is 1. The lowest BCUT2D eigenvalue weighted by Crippen LogP contribution is -2.25. The van der Waals surface area contributed by atoms with Gasteiger partial charge in [-0.05, 0) is 73.7 Å². The van der Waals surface area contributed by atoms with Crippen LogP contribution in [0.25, 0.3) is 0 Å². The van der Waals surface area contributed by atoms with E-state index in [1.165, 1.54) is 0 Å². The van der Waals surface area contributed by atoms with Crippen LogP contribution in [-0.4, -0.2) is 50.2 Å². The Bertz CT molecular complexity index is 1070. The number of halogens is 1. The third-order valence-electron chi connectivity index (χ3n) is 5.51. The topological polar surface area (TPSA) is 92.7 Å². The van der Waals surface area contributed by atoms with Crippen molar-refractivity contribution in [2.24, 2.45) is 0 Å². The fourth-order valence-corrected chi connectivity index (χ4v) is 6.22. The zero-order valence-corrected chi connectivity index (χ0v) is 22.5. The molecule has 9 heteroatoms. The van der Waals surface area contributed by atoms with E-state index < -0.39 is 15.8 Å². The molecule has 188 valence electrons. The Hall–Kier alpha value is -1.74. The summed E-state index contributed by atoms with van der Waals surface area (Å²) < 4.78 is 30.6. The first-order chi connectivity index (χ1) is 16.0. The molecule has 0 saturated carbocycles. The summed E-state index contributed by atoms with van der Waals surface area (Å²) in [4.78, 5) is 12.0. The van der Waals surface area contributed by atoms with E-state index in [0.29, 0.717) is 29.7 Å². The van der Waals surface area contributed by atoms with E-state index in [2.05, 4.69) is 26.1 Å². The molecule has 0 aliphatic carbocycles. The molecule has 0 aliphatic heterocycles. The molecule has 2 rings (SSSR count). The molecule has 0 fully saturated rings. The van der Waals surface area contributed by atoms with E-state index in [1.807, 2.05) is 25.1 Å². The van der Waals surface area contributed by atoms with E-state index >= 15 is 0 Å². The van der Waals surface area contributed by atoms with Gasteiger partial charge in [0.05, 0.1) is 10.6 Å². The summed E-state index contributed by atoms with van der Waals surface area (Å²) >= 11 is 8.02. The number of carboxylic acids is 1. The van der Waals surface area contributed by atoms with Gasteiger partial charge < -0.3 is 15.2 Å². The van der Waals surface area contributed by atoms with Crippen molar-refractivity contribution in [1.82, 2.24) is 5.32 Å². The van der Waals surface area contributed by atoms with Crippen molar-refractivity contribution >= 4 is 39.2 Å². The molecule has 0 aliphatic rings. The average molecular weight is 528 g/mol. The van der Waals surface area contributed by atoms with Crippen molar-refractivity contribution in [3.63, 3.8) is 0 Å². The Morgan fingerprint density at radius 3 is 2.56 bits per heavy atom. The van der Waals surface area contributed by atoms with Crippen molar-refractivity contribution < 1.29 is 23.1 Å². The predicted octanol–water partition coefficient (Wildman–Crippen LogP) is 5.56. The number of hydrogen-bond acceptors (Lipinski definition) is 6. The second-order valence-corrected chi connectivity index (χ2v) is 12.4. The summed E-state index contributed by atoms with van der Waals surface area (Å²) in [5.41, 5.74) is 1.86. The first-order valence-corrected chi connectivity index (χ1v) is 14.3. The standard InChI is InChI=1S/C25H34ClNO5S2/c1-5-17(2)22-9-8-21(14-23(22)26)34(30,31)12-6-11-27-15-19(4)33-20-7-10-24(18(3)13-20)32-16-25(28)29/h7-10,13-14,17,19,27H,5-6,11-12,15-16H2,1-4H3,(H,28,29). The third kappa shape index (κ3) is 8.80. The van der Waals surface area contributed by atoms with E-state index in [9.17, 15) is 13.2 Å². The zero-order chi connectivity index (χ0) is 25.3. The van der Waals surface area contributed by atoms with Crippen LogP contribution in [-0.2, 0) is 14.6 Å². The molecule has 2 N–H and O–H groups in total. The van der Waals surface area contributed by atoms with Gasteiger partial charge in [-0.3, -0.25) is 0 Å². The number of nitrogens with one attached hydrogen (secondary N) is 1. The monoisotopic (exact) mass is 527 g/mol. The van der Waals surface area contributed by atoms with Crippen molar-refractivity contribution in [1.29, 1.82) is 0 Å². The van der Waals surface area contributed by atoms with E-state index in [4.69, 9.17) is 21.4 Å². The molecule has 34 heavy (non-hydrogen) atoms. The summed E-state index contributed by atoms with van der Waals surface area (Å²) in [6.07, 6.45) is 1.46. The van der Waals surface area contributed by atoms with Crippen LogP contribution in [0.1, 0.15) is 50.7 Å². The molecule has 2 aromatic carbocycles. The largest absolute Gasteiger partial charge is 0.482 e. The van der Waals surface area contributed by atoms with Crippen molar-refractivity contribution in [2.75, 3.05) is 25.4 Å². The lowest BCUT2D eigenvalue weighted by Gasteiger charge is -2.14.